The third-order valence-electron chi connectivity index (χ3n) is 3.25. The maximum Gasteiger partial charge on any atom is 0.103 e. The Labute approximate surface area is 108 Å². The molecule has 0 bridgehead atoms. The van der Waals surface area contributed by atoms with Crippen LogP contribution in [0.5, 0.6) is 0 Å². The second-order valence-electron chi connectivity index (χ2n) is 4.43. The van der Waals surface area contributed by atoms with Crippen molar-refractivity contribution in [2.75, 3.05) is 0 Å². The largest absolute Gasteiger partial charge is 0.469 e. The summed E-state index contributed by atoms with van der Waals surface area (Å²) >= 11 is 0. The Hall–Kier alpha value is -1.58. The normalized spacial score (nSPS) is 12.6. The van der Waals surface area contributed by atoms with E-state index in [4.69, 9.17) is 10.3 Å². The first-order valence-corrected chi connectivity index (χ1v) is 6.41. The lowest BCUT2D eigenvalue weighted by atomic mass is 10.00. The zero-order valence-corrected chi connectivity index (χ0v) is 10.7. The van der Waals surface area contributed by atoms with Gasteiger partial charge in [-0.3, -0.25) is 11.3 Å². The van der Waals surface area contributed by atoms with E-state index >= 15 is 0 Å². The Bertz CT molecular complexity index is 448. The third-order valence-corrected chi connectivity index (χ3v) is 3.25. The predicted molar refractivity (Wildman–Crippen MR) is 72.9 cm³/mol. The van der Waals surface area contributed by atoms with Crippen LogP contribution in [0, 0.1) is 0 Å². The summed E-state index contributed by atoms with van der Waals surface area (Å²) < 4.78 is 5.33. The molecule has 1 aromatic carbocycles. The summed E-state index contributed by atoms with van der Waals surface area (Å²) in [5.74, 6) is 6.63. The highest BCUT2D eigenvalue weighted by molar-refractivity contribution is 5.25. The van der Waals surface area contributed by atoms with Crippen molar-refractivity contribution in [2.45, 2.75) is 32.2 Å². The molecule has 0 aliphatic carbocycles. The second kappa shape index (κ2) is 6.38. The Kier molecular flexibility index (Phi) is 4.56. The molecule has 0 spiro atoms. The minimum atomic E-state index is 0.168. The molecule has 96 valence electrons. The van der Waals surface area contributed by atoms with E-state index in [2.05, 4.69) is 36.6 Å². The topological polar surface area (TPSA) is 51.2 Å². The van der Waals surface area contributed by atoms with Crippen LogP contribution < -0.4 is 11.3 Å². The van der Waals surface area contributed by atoms with Gasteiger partial charge in [0.05, 0.1) is 6.26 Å². The maximum absolute atomic E-state index is 5.63. The van der Waals surface area contributed by atoms with Crippen molar-refractivity contribution < 1.29 is 4.42 Å². The van der Waals surface area contributed by atoms with Gasteiger partial charge < -0.3 is 4.42 Å². The van der Waals surface area contributed by atoms with Crippen LogP contribution in [-0.2, 0) is 12.8 Å². The van der Waals surface area contributed by atoms with Crippen LogP contribution in [-0.4, -0.2) is 0 Å². The average molecular weight is 244 g/mol. The number of furan rings is 1. The molecular weight excluding hydrogens is 224 g/mol. The second-order valence-corrected chi connectivity index (χ2v) is 4.43. The number of nitrogens with two attached hydrogens (primary N) is 1. The van der Waals surface area contributed by atoms with Crippen LogP contribution in [0.25, 0.3) is 0 Å². The Morgan fingerprint density at radius 3 is 2.56 bits per heavy atom. The average Bonchev–Trinajstić information content (AvgIpc) is 2.93. The van der Waals surface area contributed by atoms with E-state index in [-0.39, 0.29) is 6.04 Å². The number of hydrazine groups is 1. The zero-order chi connectivity index (χ0) is 12.8. The highest BCUT2D eigenvalue weighted by Gasteiger charge is 2.10. The standard InChI is InChI=1S/C15H20N2O/c1-2-12-5-7-13(8-6-12)15(17-16)10-9-14-4-3-11-18-14/h3-8,11,15,17H,2,9-10,16H2,1H3. The summed E-state index contributed by atoms with van der Waals surface area (Å²) in [5, 5.41) is 0. The minimum absolute atomic E-state index is 0.168. The summed E-state index contributed by atoms with van der Waals surface area (Å²) in [4.78, 5) is 0. The van der Waals surface area contributed by atoms with Crippen LogP contribution >= 0.6 is 0 Å². The molecule has 1 unspecified atom stereocenters. The molecule has 2 aromatic rings. The number of benzene rings is 1. The summed E-state index contributed by atoms with van der Waals surface area (Å²) in [5.41, 5.74) is 5.45. The monoisotopic (exact) mass is 244 g/mol. The summed E-state index contributed by atoms with van der Waals surface area (Å²) in [6, 6.07) is 12.7. The van der Waals surface area contributed by atoms with Gasteiger partial charge in [0, 0.05) is 12.5 Å². The first kappa shape index (κ1) is 12.9. The highest BCUT2D eigenvalue weighted by Crippen LogP contribution is 2.19. The fraction of sp³-hybridized carbons (Fsp3) is 0.333. The zero-order valence-electron chi connectivity index (χ0n) is 10.7. The molecule has 1 heterocycles. The van der Waals surface area contributed by atoms with Gasteiger partial charge in [-0.05, 0) is 36.1 Å². The molecule has 2 rings (SSSR count). The van der Waals surface area contributed by atoms with E-state index in [1.807, 2.05) is 12.1 Å². The van der Waals surface area contributed by atoms with E-state index in [0.717, 1.165) is 25.0 Å². The molecule has 18 heavy (non-hydrogen) atoms. The number of nitrogens with one attached hydrogen (secondary N) is 1. The molecular formula is C15H20N2O. The predicted octanol–water partition coefficient (Wildman–Crippen LogP) is 2.98. The molecule has 1 atom stereocenters. The van der Waals surface area contributed by atoms with Crippen LogP contribution in [0.3, 0.4) is 0 Å². The van der Waals surface area contributed by atoms with Gasteiger partial charge >= 0.3 is 0 Å². The van der Waals surface area contributed by atoms with Gasteiger partial charge in [0.1, 0.15) is 5.76 Å². The van der Waals surface area contributed by atoms with Gasteiger partial charge in [0.2, 0.25) is 0 Å². The molecule has 0 radical (unpaired) electrons. The lowest BCUT2D eigenvalue weighted by Crippen LogP contribution is -2.28. The van der Waals surface area contributed by atoms with Crippen molar-refractivity contribution in [3.63, 3.8) is 0 Å². The Morgan fingerprint density at radius 2 is 2.00 bits per heavy atom. The number of rotatable bonds is 6. The van der Waals surface area contributed by atoms with Crippen molar-refractivity contribution in [2.24, 2.45) is 5.84 Å². The molecule has 0 saturated carbocycles. The van der Waals surface area contributed by atoms with Crippen molar-refractivity contribution >= 4 is 0 Å². The molecule has 3 N–H and O–H groups in total. The smallest absolute Gasteiger partial charge is 0.103 e. The Morgan fingerprint density at radius 1 is 1.22 bits per heavy atom. The number of aryl methyl sites for hydroxylation is 2. The quantitative estimate of drug-likeness (QED) is 0.606. The number of hydrogen-bond acceptors (Lipinski definition) is 3. The summed E-state index contributed by atoms with van der Waals surface area (Å²) in [7, 11) is 0. The summed E-state index contributed by atoms with van der Waals surface area (Å²) in [6.45, 7) is 2.16. The minimum Gasteiger partial charge on any atom is -0.469 e. The molecule has 0 fully saturated rings. The maximum atomic E-state index is 5.63. The van der Waals surface area contributed by atoms with Gasteiger partial charge in [-0.25, -0.2) is 0 Å². The van der Waals surface area contributed by atoms with Crippen LogP contribution in [0.1, 0.15) is 36.3 Å². The highest BCUT2D eigenvalue weighted by atomic mass is 16.3. The molecule has 1 aromatic heterocycles. The van der Waals surface area contributed by atoms with Gasteiger partial charge in [0.25, 0.3) is 0 Å². The van der Waals surface area contributed by atoms with Crippen molar-refractivity contribution in [1.82, 2.24) is 5.43 Å². The first-order valence-electron chi connectivity index (χ1n) is 6.41. The molecule has 0 saturated heterocycles. The number of hydrogen-bond donors (Lipinski definition) is 2. The lowest BCUT2D eigenvalue weighted by Gasteiger charge is -2.16. The lowest BCUT2D eigenvalue weighted by molar-refractivity contribution is 0.458. The molecule has 3 nitrogen and oxygen atoms in total. The molecule has 3 heteroatoms. The van der Waals surface area contributed by atoms with Crippen LogP contribution in [0.2, 0.25) is 0 Å². The van der Waals surface area contributed by atoms with E-state index in [9.17, 15) is 0 Å². The SMILES string of the molecule is CCc1ccc(C(CCc2ccco2)NN)cc1. The Balaban J connectivity index is 1.98. The molecule has 0 aliphatic rings. The van der Waals surface area contributed by atoms with Gasteiger partial charge in [0.15, 0.2) is 0 Å². The van der Waals surface area contributed by atoms with E-state index < -0.39 is 0 Å². The van der Waals surface area contributed by atoms with E-state index in [1.54, 1.807) is 6.26 Å². The van der Waals surface area contributed by atoms with E-state index in [0.29, 0.717) is 0 Å². The van der Waals surface area contributed by atoms with Crippen molar-refractivity contribution in [3.05, 3.63) is 59.5 Å². The van der Waals surface area contributed by atoms with Crippen LogP contribution in [0.4, 0.5) is 0 Å². The van der Waals surface area contributed by atoms with Crippen molar-refractivity contribution in [3.8, 4) is 0 Å². The summed E-state index contributed by atoms with van der Waals surface area (Å²) in [6.07, 6.45) is 4.58. The fourth-order valence-corrected chi connectivity index (χ4v) is 2.07. The van der Waals surface area contributed by atoms with E-state index in [1.165, 1.54) is 11.1 Å². The van der Waals surface area contributed by atoms with Gasteiger partial charge in [-0.2, -0.15) is 0 Å². The van der Waals surface area contributed by atoms with Gasteiger partial charge in [-0.1, -0.05) is 31.2 Å². The molecule has 0 amide bonds. The van der Waals surface area contributed by atoms with Crippen LogP contribution in [0.15, 0.2) is 47.1 Å². The first-order chi connectivity index (χ1) is 8.83. The van der Waals surface area contributed by atoms with Gasteiger partial charge in [-0.15, -0.1) is 0 Å². The molecule has 0 aliphatic heterocycles. The third kappa shape index (κ3) is 3.22. The van der Waals surface area contributed by atoms with Crippen molar-refractivity contribution in [1.29, 1.82) is 0 Å². The fourth-order valence-electron chi connectivity index (χ4n) is 2.07.